The molecule has 0 atom stereocenters. The summed E-state index contributed by atoms with van der Waals surface area (Å²) in [6.45, 7) is 2.80. The lowest BCUT2D eigenvalue weighted by Crippen LogP contribution is -2.02. The number of hydrogen-bond donors (Lipinski definition) is 1. The first-order chi connectivity index (χ1) is 8.74. The molecule has 0 unspecified atom stereocenters. The zero-order valence-electron chi connectivity index (χ0n) is 10.6. The first-order valence-electron chi connectivity index (χ1n) is 5.77. The number of benzene rings is 1. The van der Waals surface area contributed by atoms with Gasteiger partial charge in [0, 0.05) is 5.56 Å². The van der Waals surface area contributed by atoms with Crippen LogP contribution in [0.3, 0.4) is 0 Å². The molecule has 2 aromatic rings. The smallest absolute Gasteiger partial charge is 0.161 e. The van der Waals surface area contributed by atoms with Crippen molar-refractivity contribution in [3.8, 4) is 11.5 Å². The molecule has 0 fully saturated rings. The molecule has 1 aromatic heterocycles. The van der Waals surface area contributed by atoms with Gasteiger partial charge in [0.05, 0.1) is 19.9 Å². The Bertz CT molecular complexity index is 520. The molecular weight excluding hydrogens is 230 g/mol. The molecular formula is C14H17NO3. The lowest BCUT2D eigenvalue weighted by molar-refractivity contribution is 0.281. The van der Waals surface area contributed by atoms with Crippen molar-refractivity contribution in [2.45, 2.75) is 20.1 Å². The van der Waals surface area contributed by atoms with Crippen LogP contribution in [0.1, 0.15) is 16.9 Å². The van der Waals surface area contributed by atoms with Gasteiger partial charge < -0.3 is 19.6 Å². The van der Waals surface area contributed by atoms with Crippen LogP contribution in [0.25, 0.3) is 0 Å². The topological polar surface area (TPSA) is 57.6 Å². The Hall–Kier alpha value is -1.94. The Kier molecular flexibility index (Phi) is 3.89. The SMILES string of the molecule is COc1cc(C)ccc1OCc1ccoc1CN. The maximum atomic E-state index is 5.73. The molecule has 0 amide bonds. The molecule has 0 spiro atoms. The van der Waals surface area contributed by atoms with Crippen molar-refractivity contribution in [1.82, 2.24) is 0 Å². The Balaban J connectivity index is 2.10. The number of hydrogen-bond acceptors (Lipinski definition) is 4. The molecule has 0 radical (unpaired) electrons. The minimum absolute atomic E-state index is 0.372. The molecule has 1 heterocycles. The van der Waals surface area contributed by atoms with E-state index in [0.29, 0.717) is 18.9 Å². The van der Waals surface area contributed by atoms with Crippen LogP contribution >= 0.6 is 0 Å². The van der Waals surface area contributed by atoms with Gasteiger partial charge in [0.25, 0.3) is 0 Å². The lowest BCUT2D eigenvalue weighted by Gasteiger charge is -2.11. The molecule has 4 nitrogen and oxygen atoms in total. The zero-order chi connectivity index (χ0) is 13.0. The fourth-order valence-electron chi connectivity index (χ4n) is 1.72. The van der Waals surface area contributed by atoms with Crippen molar-refractivity contribution in [2.24, 2.45) is 5.73 Å². The first kappa shape index (κ1) is 12.5. The van der Waals surface area contributed by atoms with Crippen LogP contribution in [0.4, 0.5) is 0 Å². The van der Waals surface area contributed by atoms with Gasteiger partial charge in [0.2, 0.25) is 0 Å². The van der Waals surface area contributed by atoms with Crippen molar-refractivity contribution in [1.29, 1.82) is 0 Å². The van der Waals surface area contributed by atoms with E-state index in [-0.39, 0.29) is 0 Å². The standard InChI is InChI=1S/C14H17NO3/c1-10-3-4-12(13(7-10)16-2)18-9-11-5-6-17-14(11)8-15/h3-7H,8-9,15H2,1-2H3. The Morgan fingerprint density at radius 3 is 2.78 bits per heavy atom. The van der Waals surface area contributed by atoms with Crippen LogP contribution in [0.5, 0.6) is 11.5 Å². The Labute approximate surface area is 106 Å². The summed E-state index contributed by atoms with van der Waals surface area (Å²) in [5.41, 5.74) is 7.65. The van der Waals surface area contributed by atoms with Crippen molar-refractivity contribution < 1.29 is 13.9 Å². The molecule has 0 aliphatic carbocycles. The summed E-state index contributed by atoms with van der Waals surface area (Å²) in [5.74, 6) is 2.20. The van der Waals surface area contributed by atoms with E-state index in [1.165, 1.54) is 0 Å². The number of ether oxygens (including phenoxy) is 2. The van der Waals surface area contributed by atoms with Gasteiger partial charge in [0.1, 0.15) is 12.4 Å². The average Bonchev–Trinajstić information content (AvgIpc) is 2.84. The van der Waals surface area contributed by atoms with Crippen LogP contribution < -0.4 is 15.2 Å². The molecule has 0 aliphatic heterocycles. The molecule has 18 heavy (non-hydrogen) atoms. The van der Waals surface area contributed by atoms with Gasteiger partial charge >= 0.3 is 0 Å². The second-order valence-electron chi connectivity index (χ2n) is 4.02. The molecule has 2 rings (SSSR count). The second kappa shape index (κ2) is 5.60. The quantitative estimate of drug-likeness (QED) is 0.882. The highest BCUT2D eigenvalue weighted by Gasteiger charge is 2.08. The van der Waals surface area contributed by atoms with E-state index in [0.717, 1.165) is 22.6 Å². The highest BCUT2D eigenvalue weighted by atomic mass is 16.5. The third-order valence-electron chi connectivity index (χ3n) is 2.73. The maximum absolute atomic E-state index is 5.73. The van der Waals surface area contributed by atoms with Crippen molar-refractivity contribution in [3.63, 3.8) is 0 Å². The monoisotopic (exact) mass is 247 g/mol. The van der Waals surface area contributed by atoms with Crippen LogP contribution in [0.2, 0.25) is 0 Å². The van der Waals surface area contributed by atoms with Crippen molar-refractivity contribution >= 4 is 0 Å². The number of aryl methyl sites for hydroxylation is 1. The number of furan rings is 1. The van der Waals surface area contributed by atoms with Gasteiger partial charge in [-0.15, -0.1) is 0 Å². The van der Waals surface area contributed by atoms with Crippen molar-refractivity contribution in [2.75, 3.05) is 7.11 Å². The van der Waals surface area contributed by atoms with Gasteiger partial charge in [-0.1, -0.05) is 6.07 Å². The minimum atomic E-state index is 0.372. The van der Waals surface area contributed by atoms with Crippen LogP contribution in [-0.4, -0.2) is 7.11 Å². The summed E-state index contributed by atoms with van der Waals surface area (Å²) in [7, 11) is 1.63. The normalized spacial score (nSPS) is 10.4. The van der Waals surface area contributed by atoms with E-state index in [1.807, 2.05) is 31.2 Å². The van der Waals surface area contributed by atoms with Crippen LogP contribution in [-0.2, 0) is 13.2 Å². The van der Waals surface area contributed by atoms with Gasteiger partial charge in [0.15, 0.2) is 11.5 Å². The Morgan fingerprint density at radius 2 is 2.06 bits per heavy atom. The number of rotatable bonds is 5. The van der Waals surface area contributed by atoms with E-state index in [9.17, 15) is 0 Å². The van der Waals surface area contributed by atoms with Crippen molar-refractivity contribution in [3.05, 3.63) is 47.4 Å². The zero-order valence-corrected chi connectivity index (χ0v) is 10.6. The summed E-state index contributed by atoms with van der Waals surface area (Å²) in [6.07, 6.45) is 1.62. The van der Waals surface area contributed by atoms with Crippen LogP contribution in [0, 0.1) is 6.92 Å². The third kappa shape index (κ3) is 2.65. The molecule has 0 bridgehead atoms. The summed E-state index contributed by atoms with van der Waals surface area (Å²) < 4.78 is 16.3. The predicted molar refractivity (Wildman–Crippen MR) is 68.7 cm³/mol. The fourth-order valence-corrected chi connectivity index (χ4v) is 1.72. The lowest BCUT2D eigenvalue weighted by atomic mass is 10.2. The summed E-state index contributed by atoms with van der Waals surface area (Å²) in [4.78, 5) is 0. The van der Waals surface area contributed by atoms with E-state index in [1.54, 1.807) is 13.4 Å². The largest absolute Gasteiger partial charge is 0.493 e. The van der Waals surface area contributed by atoms with Gasteiger partial charge in [-0.25, -0.2) is 0 Å². The minimum Gasteiger partial charge on any atom is -0.493 e. The highest BCUT2D eigenvalue weighted by molar-refractivity contribution is 5.42. The van der Waals surface area contributed by atoms with Gasteiger partial charge in [-0.2, -0.15) is 0 Å². The van der Waals surface area contributed by atoms with Gasteiger partial charge in [-0.3, -0.25) is 0 Å². The number of nitrogens with two attached hydrogens (primary N) is 1. The second-order valence-corrected chi connectivity index (χ2v) is 4.02. The molecule has 2 N–H and O–H groups in total. The average molecular weight is 247 g/mol. The Morgan fingerprint density at radius 1 is 1.22 bits per heavy atom. The molecule has 0 saturated heterocycles. The van der Waals surface area contributed by atoms with E-state index >= 15 is 0 Å². The number of methoxy groups -OCH3 is 1. The summed E-state index contributed by atoms with van der Waals surface area (Å²) in [6, 6.07) is 7.69. The summed E-state index contributed by atoms with van der Waals surface area (Å²) >= 11 is 0. The molecule has 4 heteroatoms. The predicted octanol–water partition coefficient (Wildman–Crippen LogP) is 2.63. The first-order valence-corrected chi connectivity index (χ1v) is 5.77. The third-order valence-corrected chi connectivity index (χ3v) is 2.73. The van der Waals surface area contributed by atoms with E-state index in [2.05, 4.69) is 0 Å². The maximum Gasteiger partial charge on any atom is 0.161 e. The highest BCUT2D eigenvalue weighted by Crippen LogP contribution is 2.28. The molecule has 96 valence electrons. The summed E-state index contributed by atoms with van der Waals surface area (Å²) in [5, 5.41) is 0. The fraction of sp³-hybridized carbons (Fsp3) is 0.286. The van der Waals surface area contributed by atoms with E-state index < -0.39 is 0 Å². The van der Waals surface area contributed by atoms with E-state index in [4.69, 9.17) is 19.6 Å². The molecule has 1 aromatic carbocycles. The van der Waals surface area contributed by atoms with Gasteiger partial charge in [-0.05, 0) is 30.7 Å². The molecule has 0 aliphatic rings. The van der Waals surface area contributed by atoms with Crippen LogP contribution in [0.15, 0.2) is 34.9 Å². The molecule has 0 saturated carbocycles.